The molecule has 2 rings (SSSR count). The van der Waals surface area contributed by atoms with Gasteiger partial charge in [-0.15, -0.1) is 0 Å². The van der Waals surface area contributed by atoms with Crippen LogP contribution < -0.4 is 16.4 Å². The third-order valence-corrected chi connectivity index (χ3v) is 3.91. The molecule has 0 amide bonds. The van der Waals surface area contributed by atoms with Crippen molar-refractivity contribution in [3.05, 3.63) is 29.0 Å². The Morgan fingerprint density at radius 1 is 1.29 bits per heavy atom. The number of nitrogens with one attached hydrogen (secondary N) is 1. The average Bonchev–Trinajstić information content (AvgIpc) is 2.89. The van der Waals surface area contributed by atoms with Gasteiger partial charge in [-0.25, -0.2) is 4.79 Å². The fourth-order valence-electron chi connectivity index (χ4n) is 2.77. The van der Waals surface area contributed by atoms with Gasteiger partial charge in [0.25, 0.3) is 0 Å². The van der Waals surface area contributed by atoms with E-state index < -0.39 is 5.97 Å². The second-order valence-corrected chi connectivity index (χ2v) is 5.24. The summed E-state index contributed by atoms with van der Waals surface area (Å²) in [5.41, 5.74) is 8.72. The quantitative estimate of drug-likeness (QED) is 0.425. The van der Waals surface area contributed by atoms with Crippen molar-refractivity contribution < 1.29 is 19.1 Å². The number of anilines is 1. The smallest absolute Gasteiger partial charge is 0.342 e. The van der Waals surface area contributed by atoms with Crippen LogP contribution in [0.1, 0.15) is 43.1 Å². The van der Waals surface area contributed by atoms with Crippen molar-refractivity contribution in [2.45, 2.75) is 27.2 Å². The molecule has 0 saturated heterocycles. The first-order valence-corrected chi connectivity index (χ1v) is 7.71. The molecule has 0 aliphatic rings. The molecule has 0 radical (unpaired) electrons. The van der Waals surface area contributed by atoms with Gasteiger partial charge in [0.1, 0.15) is 22.9 Å². The summed E-state index contributed by atoms with van der Waals surface area (Å²) in [6, 6.07) is 3.64. The lowest BCUT2D eigenvalue weighted by molar-refractivity contribution is 0.0530. The van der Waals surface area contributed by atoms with Gasteiger partial charge in [-0.3, -0.25) is 0 Å². The lowest BCUT2D eigenvalue weighted by Gasteiger charge is -2.14. The van der Waals surface area contributed by atoms with Crippen LogP contribution in [0.25, 0.3) is 16.5 Å². The van der Waals surface area contributed by atoms with Crippen molar-refractivity contribution in [1.29, 1.82) is 0 Å². The molecule has 0 aliphatic carbocycles. The van der Waals surface area contributed by atoms with E-state index in [1.165, 1.54) is 0 Å². The Labute approximate surface area is 140 Å². The standard InChI is InChI=1S/C17H23N3O4/c1-5-10(9(3)24-19)11-7-13-12(8-14(11)22-4)15(16(18)20-13)17(21)23-6-2/h7-8,20H,5-6,18-19H2,1-4H3/b10-9+. The van der Waals surface area contributed by atoms with Crippen LogP contribution in [0.5, 0.6) is 5.75 Å². The van der Waals surface area contributed by atoms with Crippen molar-refractivity contribution in [2.24, 2.45) is 5.90 Å². The molecule has 7 heteroatoms. The number of carbonyl (C=O) groups is 1. The van der Waals surface area contributed by atoms with E-state index in [2.05, 4.69) is 4.98 Å². The van der Waals surface area contributed by atoms with Crippen molar-refractivity contribution >= 4 is 28.3 Å². The predicted molar refractivity (Wildman–Crippen MR) is 93.4 cm³/mol. The van der Waals surface area contributed by atoms with Gasteiger partial charge < -0.3 is 25.0 Å². The predicted octanol–water partition coefficient (Wildman–Crippen LogP) is 2.97. The van der Waals surface area contributed by atoms with E-state index in [-0.39, 0.29) is 12.4 Å². The summed E-state index contributed by atoms with van der Waals surface area (Å²) in [6.45, 7) is 5.80. The summed E-state index contributed by atoms with van der Waals surface area (Å²) < 4.78 is 10.6. The SMILES string of the molecule is CCOC(=O)c1c(N)[nH]c2cc(/C(CC)=C(\C)ON)c(OC)cc12. The third-order valence-electron chi connectivity index (χ3n) is 3.91. The number of nitrogens with two attached hydrogens (primary N) is 2. The number of hydrogen-bond acceptors (Lipinski definition) is 6. The van der Waals surface area contributed by atoms with Crippen molar-refractivity contribution in [3.8, 4) is 5.75 Å². The molecule has 1 aromatic carbocycles. The molecule has 1 heterocycles. The maximum atomic E-state index is 12.2. The lowest BCUT2D eigenvalue weighted by atomic mass is 9.99. The molecule has 1 aromatic heterocycles. The van der Waals surface area contributed by atoms with Crippen molar-refractivity contribution in [3.63, 3.8) is 0 Å². The Morgan fingerprint density at radius 3 is 2.54 bits per heavy atom. The Kier molecular flexibility index (Phi) is 5.35. The summed E-state index contributed by atoms with van der Waals surface area (Å²) in [6.07, 6.45) is 0.700. The number of fused-ring (bicyclic) bond motifs is 1. The van der Waals surface area contributed by atoms with Crippen molar-refractivity contribution in [2.75, 3.05) is 19.5 Å². The first-order chi connectivity index (χ1) is 11.5. The zero-order valence-corrected chi connectivity index (χ0v) is 14.4. The highest BCUT2D eigenvalue weighted by Crippen LogP contribution is 2.37. The third kappa shape index (κ3) is 3.03. The van der Waals surface area contributed by atoms with Crippen LogP contribution in [-0.4, -0.2) is 24.7 Å². The summed E-state index contributed by atoms with van der Waals surface area (Å²) in [5.74, 6) is 6.29. The van der Waals surface area contributed by atoms with Gasteiger partial charge in [0.05, 0.1) is 13.7 Å². The Bertz CT molecular complexity index is 793. The number of hydrogen-bond donors (Lipinski definition) is 3. The zero-order valence-electron chi connectivity index (χ0n) is 14.4. The minimum Gasteiger partial charge on any atom is -0.496 e. The van der Waals surface area contributed by atoms with Crippen molar-refractivity contribution in [1.82, 2.24) is 4.98 Å². The molecule has 0 atom stereocenters. The first kappa shape index (κ1) is 17.7. The normalized spacial score (nSPS) is 12.0. The molecule has 0 unspecified atom stereocenters. The summed E-state index contributed by atoms with van der Waals surface area (Å²) in [7, 11) is 1.57. The van der Waals surface area contributed by atoms with Crippen LogP contribution in [0.2, 0.25) is 0 Å². The number of ether oxygens (including phenoxy) is 2. The molecule has 0 bridgehead atoms. The van der Waals surface area contributed by atoms with Crippen LogP contribution in [-0.2, 0) is 9.57 Å². The largest absolute Gasteiger partial charge is 0.496 e. The number of rotatable bonds is 6. The zero-order chi connectivity index (χ0) is 17.9. The van der Waals surface area contributed by atoms with E-state index >= 15 is 0 Å². The molecule has 7 nitrogen and oxygen atoms in total. The Morgan fingerprint density at radius 2 is 2.00 bits per heavy atom. The van der Waals surface area contributed by atoms with E-state index in [1.54, 1.807) is 27.0 Å². The first-order valence-electron chi connectivity index (χ1n) is 7.71. The minimum atomic E-state index is -0.469. The molecule has 0 saturated carbocycles. The van der Waals surface area contributed by atoms with E-state index in [4.69, 9.17) is 25.9 Å². The summed E-state index contributed by atoms with van der Waals surface area (Å²) in [4.78, 5) is 20.1. The van der Waals surface area contributed by atoms with Gasteiger partial charge in [-0.1, -0.05) is 6.92 Å². The highest BCUT2D eigenvalue weighted by atomic mass is 16.6. The average molecular weight is 333 g/mol. The molecular weight excluding hydrogens is 310 g/mol. The van der Waals surface area contributed by atoms with Gasteiger partial charge in [0.15, 0.2) is 0 Å². The number of benzene rings is 1. The molecule has 0 fully saturated rings. The van der Waals surface area contributed by atoms with Gasteiger partial charge in [-0.05, 0) is 32.4 Å². The Balaban J connectivity index is 2.73. The van der Waals surface area contributed by atoms with Crippen LogP contribution in [0.15, 0.2) is 17.9 Å². The number of allylic oxidation sites excluding steroid dienone is 2. The second kappa shape index (κ2) is 7.27. The monoisotopic (exact) mass is 333 g/mol. The number of esters is 1. The Hall–Kier alpha value is -2.67. The van der Waals surface area contributed by atoms with Gasteiger partial charge in [0, 0.05) is 22.0 Å². The summed E-state index contributed by atoms with van der Waals surface area (Å²) in [5, 5.41) is 0.647. The summed E-state index contributed by atoms with van der Waals surface area (Å²) >= 11 is 0. The van der Waals surface area contributed by atoms with Crippen LogP contribution in [0.3, 0.4) is 0 Å². The fraction of sp³-hybridized carbons (Fsp3) is 0.353. The lowest BCUT2D eigenvalue weighted by Crippen LogP contribution is -2.06. The van der Waals surface area contributed by atoms with Gasteiger partial charge in [0.2, 0.25) is 0 Å². The van der Waals surface area contributed by atoms with E-state index in [0.29, 0.717) is 34.4 Å². The second-order valence-electron chi connectivity index (χ2n) is 5.24. The number of aromatic amines is 1. The van der Waals surface area contributed by atoms with Crippen LogP contribution in [0.4, 0.5) is 5.82 Å². The van der Waals surface area contributed by atoms with Crippen LogP contribution >= 0.6 is 0 Å². The van der Waals surface area contributed by atoms with E-state index in [0.717, 1.165) is 11.1 Å². The molecule has 0 spiro atoms. The number of H-pyrrole nitrogens is 1. The fourth-order valence-corrected chi connectivity index (χ4v) is 2.77. The van der Waals surface area contributed by atoms with Gasteiger partial charge >= 0.3 is 5.97 Å². The molecular formula is C17H23N3O4. The minimum absolute atomic E-state index is 0.261. The number of aromatic nitrogens is 1. The number of nitrogen functional groups attached to an aromatic ring is 1. The van der Waals surface area contributed by atoms with Gasteiger partial charge in [-0.2, -0.15) is 5.90 Å². The molecule has 2 aromatic rings. The maximum Gasteiger partial charge on any atom is 0.342 e. The highest BCUT2D eigenvalue weighted by Gasteiger charge is 2.21. The number of methoxy groups -OCH3 is 1. The topological polar surface area (TPSA) is 113 Å². The molecule has 24 heavy (non-hydrogen) atoms. The van der Waals surface area contributed by atoms with E-state index in [9.17, 15) is 4.79 Å². The molecule has 130 valence electrons. The van der Waals surface area contributed by atoms with Crippen LogP contribution in [0, 0.1) is 0 Å². The number of carbonyl (C=O) groups excluding carboxylic acids is 1. The molecule has 0 aliphatic heterocycles. The highest BCUT2D eigenvalue weighted by molar-refractivity contribution is 6.10. The maximum absolute atomic E-state index is 12.2. The van der Waals surface area contributed by atoms with E-state index in [1.807, 2.05) is 13.0 Å². The molecule has 5 N–H and O–H groups in total.